The predicted molar refractivity (Wildman–Crippen MR) is 124 cm³/mol. The van der Waals surface area contributed by atoms with E-state index < -0.39 is 18.0 Å². The summed E-state index contributed by atoms with van der Waals surface area (Å²) in [6, 6.07) is 5.92. The van der Waals surface area contributed by atoms with Crippen LogP contribution >= 0.6 is 0 Å². The zero-order chi connectivity index (χ0) is 24.2. The van der Waals surface area contributed by atoms with Crippen molar-refractivity contribution in [3.8, 4) is 11.8 Å². The maximum Gasteiger partial charge on any atom is 0.290 e. The van der Waals surface area contributed by atoms with E-state index in [1.807, 2.05) is 0 Å². The number of hydrogen-bond donors (Lipinski definition) is 3. The Hall–Kier alpha value is -3.61. The molecule has 4 rings (SSSR count). The molecule has 1 aliphatic carbocycles. The molecule has 2 fully saturated rings. The van der Waals surface area contributed by atoms with Crippen molar-refractivity contribution in [1.29, 1.82) is 5.26 Å². The van der Waals surface area contributed by atoms with Crippen molar-refractivity contribution in [2.45, 2.75) is 50.6 Å². The summed E-state index contributed by atoms with van der Waals surface area (Å²) in [6.45, 7) is 0.642. The highest BCUT2D eigenvalue weighted by Gasteiger charge is 2.36. The smallest absolute Gasteiger partial charge is 0.290 e. The molecular weight excluding hydrogens is 436 g/mol. The highest BCUT2D eigenvalue weighted by Crippen LogP contribution is 2.35. The molecule has 0 bridgehead atoms. The molecule has 3 N–H and O–H groups in total. The molecule has 2 aromatic rings. The number of carbonyl (C=O) groups excluding carboxylic acids is 3. The van der Waals surface area contributed by atoms with E-state index in [1.54, 1.807) is 25.2 Å². The first-order valence-electron chi connectivity index (χ1n) is 11.7. The first-order chi connectivity index (χ1) is 16.4. The largest absolute Gasteiger partial charge is 0.494 e. The molecule has 2 heterocycles. The number of rotatable bonds is 9. The quantitative estimate of drug-likeness (QED) is 0.514. The van der Waals surface area contributed by atoms with Gasteiger partial charge in [-0.3, -0.25) is 14.4 Å². The Bertz CT molecular complexity index is 1120. The summed E-state index contributed by atoms with van der Waals surface area (Å²) >= 11 is 0. The van der Waals surface area contributed by atoms with Gasteiger partial charge in [0.15, 0.2) is 5.82 Å². The van der Waals surface area contributed by atoms with Crippen LogP contribution in [0.15, 0.2) is 18.2 Å². The van der Waals surface area contributed by atoms with Crippen LogP contribution in [0.2, 0.25) is 0 Å². The van der Waals surface area contributed by atoms with Crippen molar-refractivity contribution in [3.05, 3.63) is 24.0 Å². The first-order valence-corrected chi connectivity index (χ1v) is 11.7. The van der Waals surface area contributed by atoms with Crippen molar-refractivity contribution in [3.63, 3.8) is 0 Å². The van der Waals surface area contributed by atoms with Gasteiger partial charge in [-0.05, 0) is 43.7 Å². The number of likely N-dealkylation sites (N-methyl/N-ethyl adjacent to an activating group) is 1. The number of carbonyl (C=O) groups is 3. The lowest BCUT2D eigenvalue weighted by Gasteiger charge is -2.29. The van der Waals surface area contributed by atoms with Gasteiger partial charge in [0.25, 0.3) is 5.91 Å². The van der Waals surface area contributed by atoms with Crippen LogP contribution in [0.25, 0.3) is 11.0 Å². The molecule has 34 heavy (non-hydrogen) atoms. The number of fused-ring (bicyclic) bond motifs is 1. The molecule has 0 radical (unpaired) electrons. The molecule has 3 atom stereocenters. The van der Waals surface area contributed by atoms with Crippen LogP contribution in [0.4, 0.5) is 0 Å². The molecule has 10 nitrogen and oxygen atoms in total. The van der Waals surface area contributed by atoms with E-state index in [4.69, 9.17) is 4.74 Å². The van der Waals surface area contributed by atoms with E-state index in [0.29, 0.717) is 42.1 Å². The van der Waals surface area contributed by atoms with Crippen LogP contribution in [0.1, 0.15) is 49.1 Å². The van der Waals surface area contributed by atoms with Gasteiger partial charge < -0.3 is 25.3 Å². The van der Waals surface area contributed by atoms with Crippen molar-refractivity contribution in [1.82, 2.24) is 25.5 Å². The minimum atomic E-state index is -0.804. The minimum Gasteiger partial charge on any atom is -0.494 e. The molecular formula is C24H30N6O4. The van der Waals surface area contributed by atoms with Gasteiger partial charge in [-0.1, -0.05) is 18.9 Å². The van der Waals surface area contributed by atoms with Crippen molar-refractivity contribution < 1.29 is 19.1 Å². The Kier molecular flexibility index (Phi) is 7.01. The third-order valence-corrected chi connectivity index (χ3v) is 6.63. The summed E-state index contributed by atoms with van der Waals surface area (Å²) in [7, 11) is 3.12. The maximum absolute atomic E-state index is 13.3. The third kappa shape index (κ3) is 5.14. The monoisotopic (exact) mass is 466 g/mol. The van der Waals surface area contributed by atoms with E-state index in [1.165, 1.54) is 12.0 Å². The fourth-order valence-electron chi connectivity index (χ4n) is 4.45. The topological polar surface area (TPSA) is 140 Å². The predicted octanol–water partition coefficient (Wildman–Crippen LogP) is 1.74. The number of nitrogens with zero attached hydrogens (tertiary/aromatic N) is 3. The number of piperidine rings is 1. The number of nitrogens with one attached hydrogen (secondary N) is 3. The fraction of sp³-hybridized carbons (Fsp3) is 0.542. The Morgan fingerprint density at radius 1 is 1.32 bits per heavy atom. The normalized spacial score (nSPS) is 19.6. The summed E-state index contributed by atoms with van der Waals surface area (Å²) in [5, 5.41) is 15.2. The first kappa shape index (κ1) is 23.5. The molecule has 3 unspecified atom stereocenters. The number of amides is 3. The second-order valence-corrected chi connectivity index (χ2v) is 9.11. The third-order valence-electron chi connectivity index (χ3n) is 6.63. The lowest BCUT2D eigenvalue weighted by atomic mass is 9.92. The number of ether oxygens (including phenoxy) is 1. The van der Waals surface area contributed by atoms with Gasteiger partial charge >= 0.3 is 0 Å². The average molecular weight is 467 g/mol. The summed E-state index contributed by atoms with van der Waals surface area (Å²) in [5.74, 6) is -0.157. The molecule has 1 aromatic heterocycles. The molecule has 1 aliphatic heterocycles. The van der Waals surface area contributed by atoms with E-state index >= 15 is 0 Å². The number of nitriles is 1. The lowest BCUT2D eigenvalue weighted by molar-refractivity contribution is -0.129. The molecule has 1 saturated heterocycles. The van der Waals surface area contributed by atoms with Crippen LogP contribution in [-0.4, -0.2) is 65.4 Å². The zero-order valence-corrected chi connectivity index (χ0v) is 19.5. The molecule has 1 aromatic carbocycles. The maximum atomic E-state index is 13.3. The summed E-state index contributed by atoms with van der Waals surface area (Å²) in [5.41, 5.74) is 1.20. The van der Waals surface area contributed by atoms with Crippen LogP contribution in [-0.2, 0) is 9.59 Å². The minimum absolute atomic E-state index is 0.0807. The summed E-state index contributed by atoms with van der Waals surface area (Å²) in [4.78, 5) is 47.4. The Morgan fingerprint density at radius 3 is 2.79 bits per heavy atom. The number of hydrogen-bond acceptors (Lipinski definition) is 6. The van der Waals surface area contributed by atoms with Gasteiger partial charge in [-0.25, -0.2) is 4.98 Å². The van der Waals surface area contributed by atoms with E-state index in [-0.39, 0.29) is 30.0 Å². The number of benzene rings is 1. The van der Waals surface area contributed by atoms with Gasteiger partial charge in [0.05, 0.1) is 18.7 Å². The highest BCUT2D eigenvalue weighted by atomic mass is 16.5. The Balaban J connectivity index is 1.49. The van der Waals surface area contributed by atoms with Crippen LogP contribution in [0.3, 0.4) is 0 Å². The number of methoxy groups -OCH3 is 1. The Labute approximate surface area is 198 Å². The number of para-hydroxylation sites is 1. The van der Waals surface area contributed by atoms with Gasteiger partial charge in [0.1, 0.15) is 23.3 Å². The number of aromatic amines is 1. The molecule has 1 saturated carbocycles. The average Bonchev–Trinajstić information content (AvgIpc) is 3.56. The number of H-pyrrole nitrogens is 1. The van der Waals surface area contributed by atoms with Crippen LogP contribution < -0.4 is 15.4 Å². The van der Waals surface area contributed by atoms with Crippen molar-refractivity contribution in [2.24, 2.45) is 11.8 Å². The SMILES string of the molecule is COc1cccc2[nH]c(C(=O)N(C)C(CC3CC3)C(=O)NC(C#N)CC3CCCNC3=O)nc12. The molecule has 10 heteroatoms. The number of aromatic nitrogens is 2. The van der Waals surface area contributed by atoms with Crippen LogP contribution in [0, 0.1) is 23.2 Å². The Morgan fingerprint density at radius 2 is 2.12 bits per heavy atom. The second kappa shape index (κ2) is 10.1. The van der Waals surface area contributed by atoms with Gasteiger partial charge in [0.2, 0.25) is 11.8 Å². The summed E-state index contributed by atoms with van der Waals surface area (Å²) < 4.78 is 5.32. The second-order valence-electron chi connectivity index (χ2n) is 9.11. The van der Waals surface area contributed by atoms with Crippen molar-refractivity contribution in [2.75, 3.05) is 20.7 Å². The standard InChI is InChI=1S/C24H30N6O4/c1-30(24(33)21-28-17-6-3-7-19(34-2)20(17)29-21)18(11-14-8-9-14)23(32)27-16(13-25)12-15-5-4-10-26-22(15)31/h3,6-7,14-16,18H,4-5,8-12H2,1-2H3,(H,26,31)(H,27,32)(H,28,29). The van der Waals surface area contributed by atoms with Crippen molar-refractivity contribution >= 4 is 28.8 Å². The van der Waals surface area contributed by atoms with E-state index in [2.05, 4.69) is 26.7 Å². The fourth-order valence-corrected chi connectivity index (χ4v) is 4.45. The van der Waals surface area contributed by atoms with Gasteiger partial charge in [-0.15, -0.1) is 0 Å². The van der Waals surface area contributed by atoms with Gasteiger partial charge in [-0.2, -0.15) is 5.26 Å². The molecule has 3 amide bonds. The zero-order valence-electron chi connectivity index (χ0n) is 19.5. The molecule has 2 aliphatic rings. The highest BCUT2D eigenvalue weighted by molar-refractivity contribution is 5.98. The lowest BCUT2D eigenvalue weighted by Crippen LogP contribution is -2.51. The van der Waals surface area contributed by atoms with Crippen LogP contribution in [0.5, 0.6) is 5.75 Å². The number of imidazole rings is 1. The van der Waals surface area contributed by atoms with E-state index in [9.17, 15) is 19.6 Å². The molecule has 180 valence electrons. The molecule has 0 spiro atoms. The summed E-state index contributed by atoms with van der Waals surface area (Å²) in [6.07, 6.45) is 4.34. The van der Waals surface area contributed by atoms with E-state index in [0.717, 1.165) is 19.3 Å². The van der Waals surface area contributed by atoms with Gasteiger partial charge in [0, 0.05) is 19.5 Å².